The second-order valence-electron chi connectivity index (χ2n) is 7.33. The Morgan fingerprint density at radius 1 is 1.21 bits per heavy atom. The fourth-order valence-corrected chi connectivity index (χ4v) is 2.82. The fraction of sp³-hybridized carbons (Fsp3) is 0.667. The van der Waals surface area contributed by atoms with Gasteiger partial charge in [0.25, 0.3) is 5.91 Å². The molecule has 1 aromatic heterocycles. The molecule has 1 unspecified atom stereocenters. The van der Waals surface area contributed by atoms with Gasteiger partial charge in [-0.25, -0.2) is 9.78 Å². The number of esters is 1. The molecule has 0 aliphatic carbocycles. The van der Waals surface area contributed by atoms with Gasteiger partial charge in [-0.1, -0.05) is 33.6 Å². The molecule has 8 nitrogen and oxygen atoms in total. The summed E-state index contributed by atoms with van der Waals surface area (Å²) in [6.07, 6.45) is 3.79. The summed E-state index contributed by atoms with van der Waals surface area (Å²) in [4.78, 5) is 28.7. The van der Waals surface area contributed by atoms with Gasteiger partial charge in [0, 0.05) is 18.9 Å². The van der Waals surface area contributed by atoms with Crippen LogP contribution in [0.25, 0.3) is 0 Å². The molecule has 0 radical (unpaired) electrons. The number of carbonyl (C=O) groups excluding carboxylic acids is 2. The third-order valence-corrected chi connectivity index (χ3v) is 4.52. The van der Waals surface area contributed by atoms with Crippen LogP contribution in [0, 0.1) is 5.92 Å². The Morgan fingerprint density at radius 2 is 1.90 bits per heavy atom. The second-order valence-corrected chi connectivity index (χ2v) is 7.33. The lowest BCUT2D eigenvalue weighted by Crippen LogP contribution is -2.44. The predicted molar refractivity (Wildman–Crippen MR) is 109 cm³/mol. The standard InChI is InChI=1S/C21H34N2O6/c1-7-8-9-12-28-15(5)19(13(2)3)29-21(26)14(4)23-20(25)17-18(24)16(27-6)10-11-22-17/h10-11,13-15,19,24H,7-9,12H2,1-6H3,(H,23,25)/t14-,15-,19?/m0/s1. The van der Waals surface area contributed by atoms with E-state index in [1.54, 1.807) is 0 Å². The molecule has 0 fully saturated rings. The number of carbonyl (C=O) groups is 2. The van der Waals surface area contributed by atoms with Crippen molar-refractivity contribution < 1.29 is 28.9 Å². The number of nitrogens with one attached hydrogen (secondary N) is 1. The van der Waals surface area contributed by atoms with Gasteiger partial charge in [0.15, 0.2) is 17.2 Å². The zero-order valence-electron chi connectivity index (χ0n) is 18.2. The quantitative estimate of drug-likeness (QED) is 0.403. The molecule has 0 aliphatic rings. The average Bonchev–Trinajstić information content (AvgIpc) is 2.68. The number of unbranched alkanes of at least 4 members (excludes halogenated alkanes) is 2. The van der Waals surface area contributed by atoms with E-state index in [-0.39, 0.29) is 29.2 Å². The number of pyridine rings is 1. The average molecular weight is 411 g/mol. The van der Waals surface area contributed by atoms with E-state index in [1.807, 2.05) is 20.8 Å². The van der Waals surface area contributed by atoms with Crippen molar-refractivity contribution in [3.8, 4) is 11.5 Å². The van der Waals surface area contributed by atoms with Crippen LogP contribution in [0.4, 0.5) is 0 Å². The van der Waals surface area contributed by atoms with Crippen LogP contribution < -0.4 is 10.1 Å². The van der Waals surface area contributed by atoms with Crippen molar-refractivity contribution in [3.05, 3.63) is 18.0 Å². The van der Waals surface area contributed by atoms with Gasteiger partial charge >= 0.3 is 5.97 Å². The Hall–Kier alpha value is -2.35. The van der Waals surface area contributed by atoms with E-state index in [9.17, 15) is 14.7 Å². The maximum Gasteiger partial charge on any atom is 0.328 e. The molecule has 164 valence electrons. The van der Waals surface area contributed by atoms with Gasteiger partial charge < -0.3 is 24.6 Å². The summed E-state index contributed by atoms with van der Waals surface area (Å²) in [7, 11) is 1.37. The fourth-order valence-electron chi connectivity index (χ4n) is 2.82. The predicted octanol–water partition coefficient (Wildman–Crippen LogP) is 3.08. The van der Waals surface area contributed by atoms with Crippen LogP contribution in [0.3, 0.4) is 0 Å². The van der Waals surface area contributed by atoms with Gasteiger partial charge in [0.1, 0.15) is 12.1 Å². The number of hydrogen-bond acceptors (Lipinski definition) is 7. The Kier molecular flexibility index (Phi) is 10.4. The van der Waals surface area contributed by atoms with Gasteiger partial charge in [-0.3, -0.25) is 4.79 Å². The molecule has 1 rings (SSSR count). The normalized spacial score (nSPS) is 14.2. The molecule has 2 N–H and O–H groups in total. The van der Waals surface area contributed by atoms with Crippen molar-refractivity contribution in [1.82, 2.24) is 10.3 Å². The van der Waals surface area contributed by atoms with Gasteiger partial charge in [-0.15, -0.1) is 0 Å². The first-order valence-corrected chi connectivity index (χ1v) is 10.1. The number of nitrogens with zero attached hydrogens (tertiary/aromatic N) is 1. The number of ether oxygens (including phenoxy) is 3. The lowest BCUT2D eigenvalue weighted by molar-refractivity contribution is -0.162. The Labute approximate surface area is 172 Å². The first-order chi connectivity index (χ1) is 13.7. The molecule has 0 aliphatic heterocycles. The molecule has 0 spiro atoms. The highest BCUT2D eigenvalue weighted by Gasteiger charge is 2.29. The summed E-state index contributed by atoms with van der Waals surface area (Å²) in [6.45, 7) is 10.0. The number of rotatable bonds is 12. The Bertz CT molecular complexity index is 665. The van der Waals surface area contributed by atoms with Crippen LogP contribution in [-0.2, 0) is 14.3 Å². The Balaban J connectivity index is 2.70. The molecular weight excluding hydrogens is 376 g/mol. The van der Waals surface area contributed by atoms with E-state index in [0.29, 0.717) is 6.61 Å². The van der Waals surface area contributed by atoms with Crippen LogP contribution in [0.1, 0.15) is 64.4 Å². The highest BCUT2D eigenvalue weighted by molar-refractivity contribution is 5.97. The van der Waals surface area contributed by atoms with Crippen LogP contribution >= 0.6 is 0 Å². The monoisotopic (exact) mass is 410 g/mol. The van der Waals surface area contributed by atoms with Crippen LogP contribution in [0.2, 0.25) is 0 Å². The number of hydrogen-bond donors (Lipinski definition) is 2. The zero-order chi connectivity index (χ0) is 22.0. The number of aromatic nitrogens is 1. The molecule has 0 aromatic carbocycles. The lowest BCUT2D eigenvalue weighted by Gasteiger charge is -2.28. The van der Waals surface area contributed by atoms with E-state index in [1.165, 1.54) is 26.3 Å². The van der Waals surface area contributed by atoms with E-state index < -0.39 is 24.0 Å². The SMILES string of the molecule is CCCCCO[C@@H](C)C(OC(=O)[C@H](C)NC(=O)c1nccc(OC)c1O)C(C)C. The second kappa shape index (κ2) is 12.3. The highest BCUT2D eigenvalue weighted by atomic mass is 16.6. The first kappa shape index (κ1) is 24.7. The van der Waals surface area contributed by atoms with Crippen molar-refractivity contribution in [2.24, 2.45) is 5.92 Å². The number of amides is 1. The molecule has 8 heteroatoms. The highest BCUT2D eigenvalue weighted by Crippen LogP contribution is 2.27. The van der Waals surface area contributed by atoms with Gasteiger partial charge in [0.2, 0.25) is 0 Å². The van der Waals surface area contributed by atoms with Gasteiger partial charge in [-0.05, 0) is 26.2 Å². The van der Waals surface area contributed by atoms with Gasteiger partial charge in [0.05, 0.1) is 13.2 Å². The van der Waals surface area contributed by atoms with Crippen molar-refractivity contribution in [2.75, 3.05) is 13.7 Å². The summed E-state index contributed by atoms with van der Waals surface area (Å²) in [5, 5.41) is 12.5. The molecule has 1 aromatic rings. The molecule has 0 saturated heterocycles. The van der Waals surface area contributed by atoms with Crippen LogP contribution in [0.15, 0.2) is 12.3 Å². The van der Waals surface area contributed by atoms with E-state index in [4.69, 9.17) is 14.2 Å². The maximum atomic E-state index is 12.5. The molecule has 1 heterocycles. The van der Waals surface area contributed by atoms with Gasteiger partial charge in [-0.2, -0.15) is 0 Å². The topological polar surface area (TPSA) is 107 Å². The maximum absolute atomic E-state index is 12.5. The minimum Gasteiger partial charge on any atom is -0.503 e. The summed E-state index contributed by atoms with van der Waals surface area (Å²) < 4.78 is 16.4. The number of methoxy groups -OCH3 is 1. The molecule has 29 heavy (non-hydrogen) atoms. The van der Waals surface area contributed by atoms with E-state index in [0.717, 1.165) is 19.3 Å². The minimum absolute atomic E-state index is 0.0483. The zero-order valence-corrected chi connectivity index (χ0v) is 18.2. The summed E-state index contributed by atoms with van der Waals surface area (Å²) in [5.41, 5.74) is -0.225. The van der Waals surface area contributed by atoms with E-state index in [2.05, 4.69) is 17.2 Å². The lowest BCUT2D eigenvalue weighted by atomic mass is 10.0. The Morgan fingerprint density at radius 3 is 2.48 bits per heavy atom. The summed E-state index contributed by atoms with van der Waals surface area (Å²) >= 11 is 0. The van der Waals surface area contributed by atoms with Crippen LogP contribution in [0.5, 0.6) is 11.5 Å². The van der Waals surface area contributed by atoms with E-state index >= 15 is 0 Å². The molecular formula is C21H34N2O6. The number of aromatic hydroxyl groups is 1. The molecule has 1 amide bonds. The van der Waals surface area contributed by atoms with Crippen molar-refractivity contribution in [3.63, 3.8) is 0 Å². The first-order valence-electron chi connectivity index (χ1n) is 10.1. The third-order valence-electron chi connectivity index (χ3n) is 4.52. The molecule has 3 atom stereocenters. The smallest absolute Gasteiger partial charge is 0.328 e. The summed E-state index contributed by atoms with van der Waals surface area (Å²) in [6, 6.07) is 0.502. The molecule has 0 bridgehead atoms. The molecule has 0 saturated carbocycles. The minimum atomic E-state index is -0.927. The van der Waals surface area contributed by atoms with Crippen LogP contribution in [-0.4, -0.2) is 53.9 Å². The van der Waals surface area contributed by atoms with Crippen molar-refractivity contribution in [2.45, 2.75) is 72.1 Å². The van der Waals surface area contributed by atoms with Crippen molar-refractivity contribution >= 4 is 11.9 Å². The van der Waals surface area contributed by atoms with Crippen molar-refractivity contribution in [1.29, 1.82) is 0 Å². The summed E-state index contributed by atoms with van der Waals surface area (Å²) in [5.74, 6) is -1.50. The largest absolute Gasteiger partial charge is 0.503 e. The third kappa shape index (κ3) is 7.53.